The Balaban J connectivity index is 0. The van der Waals surface area contributed by atoms with Crippen LogP contribution in [0.4, 0.5) is 0 Å². The van der Waals surface area contributed by atoms with E-state index in [1.54, 1.807) is 7.05 Å². The van der Waals surface area contributed by atoms with Gasteiger partial charge in [-0.15, -0.1) is 0 Å². The first-order chi connectivity index (χ1) is 4.41. The number of rotatable bonds is 2. The van der Waals surface area contributed by atoms with Crippen LogP contribution in [0.15, 0.2) is 0 Å². The van der Waals surface area contributed by atoms with Crippen molar-refractivity contribution >= 4 is 81.5 Å². The number of carbonyl (C=O) groups is 1. The minimum absolute atomic E-state index is 0.569. The van der Waals surface area contributed by atoms with Crippen molar-refractivity contribution in [3.8, 4) is 0 Å². The molecule has 0 rings (SSSR count). The first kappa shape index (κ1) is 15.7. The molecule has 0 unspecified atom stereocenters. The van der Waals surface area contributed by atoms with E-state index in [9.17, 15) is 4.79 Å². The molecule has 10 heavy (non-hydrogen) atoms. The Morgan fingerprint density at radius 1 is 1.30 bits per heavy atom. The Labute approximate surface area is 101 Å². The molecule has 0 aromatic heterocycles. The molecule has 0 saturated heterocycles. The molecule has 0 saturated carbocycles. The second-order valence-electron chi connectivity index (χ2n) is 0.941. The summed E-state index contributed by atoms with van der Waals surface area (Å²) in [7, 11) is 1.62. The van der Waals surface area contributed by atoms with Crippen LogP contribution >= 0.6 is 71.0 Å². The fourth-order valence-electron chi connectivity index (χ4n) is 0.0589. The summed E-state index contributed by atoms with van der Waals surface area (Å²) in [4.78, 5) is 9.23. The van der Waals surface area contributed by atoms with Crippen molar-refractivity contribution in [2.75, 3.05) is 7.05 Å². The van der Waals surface area contributed by atoms with Gasteiger partial charge in [0.2, 0.25) is 6.41 Å². The van der Waals surface area contributed by atoms with Gasteiger partial charge in [0.15, 0.2) is 0 Å². The van der Waals surface area contributed by atoms with Crippen LogP contribution in [-0.4, -0.2) is 17.5 Å². The number of amides is 1. The third-order valence-electron chi connectivity index (χ3n) is 0.203. The maximum atomic E-state index is 9.23. The molecule has 1 amide bonds. The summed E-state index contributed by atoms with van der Waals surface area (Å²) < 4.78 is -1.40. The molecule has 0 fully saturated rings. The van der Waals surface area contributed by atoms with Gasteiger partial charge in [-0.05, 0) is 0 Å². The molecule has 0 spiro atoms. The van der Waals surface area contributed by atoms with Crippen LogP contribution in [0.3, 0.4) is 0 Å². The van der Waals surface area contributed by atoms with E-state index in [2.05, 4.69) is 81.9 Å². The predicted octanol–water partition coefficient (Wildman–Crippen LogP) is 2.03. The molecule has 0 bridgehead atoms. The van der Waals surface area contributed by atoms with Crippen molar-refractivity contribution in [2.24, 2.45) is 0 Å². The average Bonchev–Trinajstić information content (AvgIpc) is 1.63. The summed E-state index contributed by atoms with van der Waals surface area (Å²) in [5.74, 6) is 0. The Kier molecular flexibility index (Phi) is 16.3. The van der Waals surface area contributed by atoms with Gasteiger partial charge in [0.25, 0.3) is 0 Å². The molecule has 0 aliphatic rings. The minimum atomic E-state index is -1.40. The van der Waals surface area contributed by atoms with E-state index in [1.807, 2.05) is 0 Å². The monoisotopic (exact) mass is 790 g/mol. The zero-order chi connectivity index (χ0) is 8.62. The SMILES string of the molecule is CNNC=O.[I][Pb]([I])([I])[I]. The average molecular weight is 789 g/mol. The molecule has 0 radical (unpaired) electrons. The van der Waals surface area contributed by atoms with Gasteiger partial charge in [-0.2, -0.15) is 0 Å². The molecular formula is C2H6I4N2OPb. The van der Waals surface area contributed by atoms with E-state index in [1.165, 1.54) is 0 Å². The van der Waals surface area contributed by atoms with Crippen LogP contribution in [0.1, 0.15) is 0 Å². The fraction of sp³-hybridized carbons (Fsp3) is 0.500. The zero-order valence-electron chi connectivity index (χ0n) is 5.00. The van der Waals surface area contributed by atoms with Gasteiger partial charge in [-0.3, -0.25) is 10.2 Å². The first-order valence-corrected chi connectivity index (χ1v) is 45.8. The van der Waals surface area contributed by atoms with E-state index in [4.69, 9.17) is 0 Å². The van der Waals surface area contributed by atoms with Crippen molar-refractivity contribution in [3.63, 3.8) is 0 Å². The summed E-state index contributed by atoms with van der Waals surface area (Å²) in [5, 5.41) is 0. The fourth-order valence-corrected chi connectivity index (χ4v) is 0.0589. The zero-order valence-corrected chi connectivity index (χ0v) is 17.5. The van der Waals surface area contributed by atoms with Crippen LogP contribution in [0.2, 0.25) is 0 Å². The Hall–Kier alpha value is 3.27. The third kappa shape index (κ3) is 42.8. The van der Waals surface area contributed by atoms with Crippen LogP contribution in [-0.2, 0) is 4.79 Å². The van der Waals surface area contributed by atoms with E-state index in [-0.39, 0.29) is 0 Å². The first-order valence-electron chi connectivity index (χ1n) is 2.03. The quantitative estimate of drug-likeness (QED) is 0.195. The standard InChI is InChI=1S/C2H6N2O.4HI.Pb/c1-3-4-2-5;;;;;/h2-3H,1H3,(H,4,5);4*1H;/q;;;;;+4/p-4. The van der Waals surface area contributed by atoms with Gasteiger partial charge in [0, 0.05) is 7.05 Å². The Morgan fingerprint density at radius 2 is 1.60 bits per heavy atom. The number of hydrogen-bond acceptors (Lipinski definition) is 2. The van der Waals surface area contributed by atoms with Crippen LogP contribution in [0, 0.1) is 0 Å². The summed E-state index contributed by atoms with van der Waals surface area (Å²) >= 11 is 10.2. The maximum absolute atomic E-state index is 9.23. The third-order valence-corrected chi connectivity index (χ3v) is 0.203. The summed E-state index contributed by atoms with van der Waals surface area (Å²) in [5.41, 5.74) is 4.58. The van der Waals surface area contributed by atoms with E-state index in [0.717, 1.165) is 0 Å². The molecule has 62 valence electrons. The van der Waals surface area contributed by atoms with Crippen LogP contribution in [0.25, 0.3) is 0 Å². The summed E-state index contributed by atoms with van der Waals surface area (Å²) in [6.07, 6.45) is 0.569. The van der Waals surface area contributed by atoms with Gasteiger partial charge in [0.1, 0.15) is 0 Å². The predicted molar refractivity (Wildman–Crippen MR) is 80.1 cm³/mol. The van der Waals surface area contributed by atoms with Gasteiger partial charge in [-0.25, -0.2) is 5.43 Å². The van der Waals surface area contributed by atoms with E-state index in [0.29, 0.717) is 6.41 Å². The molecule has 8 heteroatoms. The Morgan fingerprint density at radius 3 is 1.60 bits per heavy atom. The number of nitrogens with one attached hydrogen (secondary N) is 2. The summed E-state index contributed by atoms with van der Waals surface area (Å²) in [6.45, 7) is 0. The van der Waals surface area contributed by atoms with Gasteiger partial charge >= 0.3 is 75.0 Å². The van der Waals surface area contributed by atoms with Gasteiger partial charge < -0.3 is 0 Å². The molecule has 2 N–H and O–H groups in total. The number of carbonyl (C=O) groups excluding carboxylic acids is 1. The Bertz CT molecular complexity index is 79.8. The van der Waals surface area contributed by atoms with Crippen LogP contribution < -0.4 is 10.9 Å². The van der Waals surface area contributed by atoms with Crippen molar-refractivity contribution < 1.29 is 4.79 Å². The molecule has 3 nitrogen and oxygen atoms in total. The number of hydrogen-bond donors (Lipinski definition) is 2. The topological polar surface area (TPSA) is 41.1 Å². The van der Waals surface area contributed by atoms with Crippen molar-refractivity contribution in [1.29, 1.82) is 0 Å². The molecule has 0 aromatic rings. The normalized spacial score (nSPS) is 9.30. The summed E-state index contributed by atoms with van der Waals surface area (Å²) in [6, 6.07) is 0. The molecule has 0 aliphatic carbocycles. The second kappa shape index (κ2) is 10.4. The second-order valence-corrected chi connectivity index (χ2v) is 170. The van der Waals surface area contributed by atoms with Gasteiger partial charge in [-0.1, -0.05) is 0 Å². The molecule has 0 aliphatic heterocycles. The molecule has 0 atom stereocenters. The van der Waals surface area contributed by atoms with Crippen molar-refractivity contribution in [2.45, 2.75) is 0 Å². The van der Waals surface area contributed by atoms with Crippen molar-refractivity contribution in [3.05, 3.63) is 0 Å². The van der Waals surface area contributed by atoms with Crippen LogP contribution in [0.5, 0.6) is 0 Å². The van der Waals surface area contributed by atoms with Gasteiger partial charge in [0.05, 0.1) is 0 Å². The van der Waals surface area contributed by atoms with E-state index < -0.39 is 4.00 Å². The number of hydrazine groups is 1. The molecule has 0 heterocycles. The van der Waals surface area contributed by atoms with Crippen molar-refractivity contribution in [1.82, 2.24) is 10.9 Å². The molecular weight excluding hydrogens is 783 g/mol. The number of halogens is 4. The van der Waals surface area contributed by atoms with E-state index >= 15 is 0 Å². The molecule has 0 aromatic carbocycles.